The van der Waals surface area contributed by atoms with E-state index < -0.39 is 22.0 Å². The van der Waals surface area contributed by atoms with Crippen molar-refractivity contribution >= 4 is 50.7 Å². The van der Waals surface area contributed by atoms with Gasteiger partial charge in [0.25, 0.3) is 0 Å². The Morgan fingerprint density at radius 1 is 1.20 bits per heavy atom. The molecule has 134 valence electrons. The number of rotatable bonds is 6. The highest BCUT2D eigenvalue weighted by Crippen LogP contribution is 2.25. The minimum absolute atomic E-state index is 0.343. The number of carbonyl (C=O) groups is 1. The molecule has 0 saturated heterocycles. The highest BCUT2D eigenvalue weighted by molar-refractivity contribution is 7.98. The first-order valence-corrected chi connectivity index (χ1v) is 10.9. The Balaban J connectivity index is 2.30. The van der Waals surface area contributed by atoms with Crippen molar-refractivity contribution in [2.24, 2.45) is 0 Å². The summed E-state index contributed by atoms with van der Waals surface area (Å²) in [7, 11) is -3.67. The summed E-state index contributed by atoms with van der Waals surface area (Å²) in [4.78, 5) is 13.6. The third-order valence-corrected chi connectivity index (χ3v) is 5.69. The van der Waals surface area contributed by atoms with E-state index >= 15 is 0 Å². The molecule has 0 fully saturated rings. The number of sulfonamides is 1. The van der Waals surface area contributed by atoms with Gasteiger partial charge in [0.15, 0.2) is 0 Å². The molecule has 0 aliphatic carbocycles. The third kappa shape index (κ3) is 5.14. The molecule has 1 N–H and O–H groups in total. The summed E-state index contributed by atoms with van der Waals surface area (Å²) >= 11 is 7.52. The van der Waals surface area contributed by atoms with E-state index in [1.165, 1.54) is 13.0 Å². The lowest BCUT2D eigenvalue weighted by Crippen LogP contribution is -2.45. The predicted octanol–water partition coefficient (Wildman–Crippen LogP) is 3.86. The van der Waals surface area contributed by atoms with Crippen molar-refractivity contribution in [3.05, 3.63) is 53.6 Å². The minimum Gasteiger partial charge on any atom is -0.324 e. The van der Waals surface area contributed by atoms with Crippen molar-refractivity contribution < 1.29 is 13.2 Å². The third-order valence-electron chi connectivity index (χ3n) is 3.49. The van der Waals surface area contributed by atoms with E-state index in [9.17, 15) is 13.2 Å². The monoisotopic (exact) mass is 398 g/mol. The maximum atomic E-state index is 12.6. The van der Waals surface area contributed by atoms with Gasteiger partial charge in [0, 0.05) is 15.6 Å². The highest BCUT2D eigenvalue weighted by Gasteiger charge is 2.29. The fourth-order valence-electron chi connectivity index (χ4n) is 2.37. The number of halogens is 1. The van der Waals surface area contributed by atoms with Gasteiger partial charge in [-0.25, -0.2) is 8.42 Å². The maximum Gasteiger partial charge on any atom is 0.247 e. The summed E-state index contributed by atoms with van der Waals surface area (Å²) in [6.45, 7) is 1.54. The Morgan fingerprint density at radius 2 is 1.88 bits per heavy atom. The number of thioether (sulfide) groups is 1. The summed E-state index contributed by atoms with van der Waals surface area (Å²) < 4.78 is 25.5. The van der Waals surface area contributed by atoms with Crippen molar-refractivity contribution in [3.8, 4) is 0 Å². The van der Waals surface area contributed by atoms with Gasteiger partial charge in [-0.05, 0) is 49.6 Å². The van der Waals surface area contributed by atoms with Gasteiger partial charge in [-0.2, -0.15) is 0 Å². The molecule has 0 saturated carbocycles. The molecular weight excluding hydrogens is 380 g/mol. The lowest BCUT2D eigenvalue weighted by Gasteiger charge is -2.28. The van der Waals surface area contributed by atoms with Gasteiger partial charge < -0.3 is 5.32 Å². The largest absolute Gasteiger partial charge is 0.324 e. The SMILES string of the molecule is CSc1cccc(NC(=O)[C@@H](C)N(c2cccc(Cl)c2)S(C)(=O)=O)c1. The van der Waals surface area contributed by atoms with Crippen LogP contribution in [0.5, 0.6) is 0 Å². The number of hydrogen-bond acceptors (Lipinski definition) is 4. The van der Waals surface area contributed by atoms with Crippen LogP contribution in [0.3, 0.4) is 0 Å². The summed E-state index contributed by atoms with van der Waals surface area (Å²) in [6, 6.07) is 12.8. The molecule has 2 rings (SSSR count). The van der Waals surface area contributed by atoms with E-state index in [-0.39, 0.29) is 0 Å². The van der Waals surface area contributed by atoms with Gasteiger partial charge in [-0.1, -0.05) is 23.7 Å². The molecule has 0 unspecified atom stereocenters. The number of amides is 1. The number of benzene rings is 2. The summed E-state index contributed by atoms with van der Waals surface area (Å²) in [6.07, 6.45) is 3.00. The average Bonchev–Trinajstić information content (AvgIpc) is 2.53. The number of anilines is 2. The molecule has 8 heteroatoms. The molecule has 0 aromatic heterocycles. The molecule has 0 aliphatic rings. The van der Waals surface area contributed by atoms with E-state index in [0.717, 1.165) is 15.5 Å². The fraction of sp³-hybridized carbons (Fsp3) is 0.235. The van der Waals surface area contributed by atoms with Gasteiger partial charge in [0.2, 0.25) is 15.9 Å². The van der Waals surface area contributed by atoms with Crippen molar-refractivity contribution in [2.75, 3.05) is 22.1 Å². The Hall–Kier alpha value is -1.70. The Kier molecular flexibility index (Phi) is 6.37. The molecule has 0 heterocycles. The van der Waals surface area contributed by atoms with E-state index in [1.807, 2.05) is 24.5 Å². The van der Waals surface area contributed by atoms with Crippen LogP contribution in [-0.4, -0.2) is 32.9 Å². The van der Waals surface area contributed by atoms with E-state index in [4.69, 9.17) is 11.6 Å². The summed E-state index contributed by atoms with van der Waals surface area (Å²) in [5.41, 5.74) is 0.957. The molecule has 2 aromatic rings. The van der Waals surface area contributed by atoms with Crippen LogP contribution in [0.15, 0.2) is 53.4 Å². The topological polar surface area (TPSA) is 66.5 Å². The number of hydrogen-bond donors (Lipinski definition) is 1. The van der Waals surface area contributed by atoms with Crippen LogP contribution in [0.4, 0.5) is 11.4 Å². The van der Waals surface area contributed by atoms with Crippen molar-refractivity contribution in [1.29, 1.82) is 0 Å². The second-order valence-corrected chi connectivity index (χ2v) is 8.61. The van der Waals surface area contributed by atoms with Crippen LogP contribution in [0.1, 0.15) is 6.92 Å². The van der Waals surface area contributed by atoms with Gasteiger partial charge in [-0.3, -0.25) is 9.10 Å². The fourth-order valence-corrected chi connectivity index (χ4v) is 4.18. The van der Waals surface area contributed by atoms with Crippen molar-refractivity contribution in [1.82, 2.24) is 0 Å². The molecule has 0 bridgehead atoms. The van der Waals surface area contributed by atoms with E-state index in [1.54, 1.807) is 36.0 Å². The second kappa shape index (κ2) is 8.12. The second-order valence-electron chi connectivity index (χ2n) is 5.44. The number of nitrogens with zero attached hydrogens (tertiary/aromatic N) is 1. The quantitative estimate of drug-likeness (QED) is 0.750. The van der Waals surface area contributed by atoms with Crippen molar-refractivity contribution in [3.63, 3.8) is 0 Å². The summed E-state index contributed by atoms with van der Waals surface area (Å²) in [5, 5.41) is 3.16. The minimum atomic E-state index is -3.67. The smallest absolute Gasteiger partial charge is 0.247 e. The first kappa shape index (κ1) is 19.6. The van der Waals surface area contributed by atoms with Gasteiger partial charge in [-0.15, -0.1) is 11.8 Å². The Labute approximate surface area is 157 Å². The molecule has 2 aromatic carbocycles. The molecular formula is C17H19ClN2O3S2. The standard InChI is InChI=1S/C17H19ClN2O3S2/c1-12(17(21)19-14-7-5-9-16(11-14)24-2)20(25(3,22)23)15-8-4-6-13(18)10-15/h4-12H,1-3H3,(H,19,21)/t12-/m1/s1. The molecule has 0 spiro atoms. The van der Waals surface area contributed by atoms with Crippen LogP contribution in [0.25, 0.3) is 0 Å². The van der Waals surface area contributed by atoms with Crippen LogP contribution >= 0.6 is 23.4 Å². The Bertz CT molecular complexity index is 872. The lowest BCUT2D eigenvalue weighted by molar-refractivity contribution is -0.116. The Morgan fingerprint density at radius 3 is 2.48 bits per heavy atom. The molecule has 0 aliphatic heterocycles. The first-order chi connectivity index (χ1) is 11.7. The van der Waals surface area contributed by atoms with E-state index in [2.05, 4.69) is 5.32 Å². The molecule has 0 radical (unpaired) electrons. The van der Waals surface area contributed by atoms with Gasteiger partial charge in [0.1, 0.15) is 6.04 Å². The number of nitrogens with one attached hydrogen (secondary N) is 1. The zero-order valence-electron chi connectivity index (χ0n) is 14.1. The van der Waals surface area contributed by atoms with Crippen LogP contribution in [0.2, 0.25) is 5.02 Å². The van der Waals surface area contributed by atoms with Crippen molar-refractivity contribution in [2.45, 2.75) is 17.9 Å². The molecule has 1 atom stereocenters. The summed E-state index contributed by atoms with van der Waals surface area (Å²) in [5.74, 6) is -0.427. The van der Waals surface area contributed by atoms with Gasteiger partial charge >= 0.3 is 0 Å². The molecule has 1 amide bonds. The van der Waals surface area contributed by atoms with Gasteiger partial charge in [0.05, 0.1) is 11.9 Å². The predicted molar refractivity (Wildman–Crippen MR) is 105 cm³/mol. The zero-order valence-corrected chi connectivity index (χ0v) is 16.5. The molecule has 25 heavy (non-hydrogen) atoms. The first-order valence-electron chi connectivity index (χ1n) is 7.42. The zero-order chi connectivity index (χ0) is 18.6. The average molecular weight is 399 g/mol. The lowest BCUT2D eigenvalue weighted by atomic mass is 10.2. The maximum absolute atomic E-state index is 12.6. The van der Waals surface area contributed by atoms with Crippen LogP contribution in [0, 0.1) is 0 Å². The number of carbonyl (C=O) groups excluding carboxylic acids is 1. The van der Waals surface area contributed by atoms with E-state index in [0.29, 0.717) is 16.4 Å². The normalized spacial score (nSPS) is 12.5. The van der Waals surface area contributed by atoms with Crippen LogP contribution in [-0.2, 0) is 14.8 Å². The van der Waals surface area contributed by atoms with Crippen LogP contribution < -0.4 is 9.62 Å². The highest BCUT2D eigenvalue weighted by atomic mass is 35.5. The molecule has 5 nitrogen and oxygen atoms in total.